The van der Waals surface area contributed by atoms with Crippen molar-refractivity contribution in [1.82, 2.24) is 5.32 Å². The lowest BCUT2D eigenvalue weighted by atomic mass is 10.1. The average molecular weight is 350 g/mol. The highest BCUT2D eigenvalue weighted by atomic mass is 35.5. The molecule has 0 spiro atoms. The van der Waals surface area contributed by atoms with Gasteiger partial charge in [-0.25, -0.2) is 4.79 Å². The fraction of sp³-hybridized carbons (Fsp3) is 0.188. The van der Waals surface area contributed by atoms with Crippen LogP contribution in [0, 0.1) is 24.0 Å². The largest absolute Gasteiger partial charge is 0.473 e. The summed E-state index contributed by atoms with van der Waals surface area (Å²) in [5.74, 6) is 0.570. The Morgan fingerprint density at radius 2 is 1.88 bits per heavy atom. The third kappa shape index (κ3) is 4.36. The first-order chi connectivity index (χ1) is 11.4. The number of aryl methyl sites for hydroxylation is 2. The van der Waals surface area contributed by atoms with Gasteiger partial charge in [0, 0.05) is 11.1 Å². The Morgan fingerprint density at radius 1 is 1.25 bits per heavy atom. The molecule has 0 radical (unpaired) electrons. The first-order valence-electron chi connectivity index (χ1n) is 7.06. The third-order valence-electron chi connectivity index (χ3n) is 3.23. The van der Waals surface area contributed by atoms with Crippen molar-refractivity contribution in [3.8, 4) is 5.75 Å². The van der Waals surface area contributed by atoms with Crippen LogP contribution in [0.1, 0.15) is 11.1 Å². The van der Waals surface area contributed by atoms with Crippen molar-refractivity contribution >= 4 is 29.0 Å². The van der Waals surface area contributed by atoms with E-state index in [1.54, 1.807) is 18.2 Å². The van der Waals surface area contributed by atoms with Gasteiger partial charge in [0.05, 0.1) is 4.92 Å². The van der Waals surface area contributed by atoms with Crippen molar-refractivity contribution in [1.29, 1.82) is 0 Å². The minimum absolute atomic E-state index is 0.0903. The summed E-state index contributed by atoms with van der Waals surface area (Å²) in [5, 5.41) is 16.5. The van der Waals surface area contributed by atoms with Crippen molar-refractivity contribution < 1.29 is 14.5 Å². The van der Waals surface area contributed by atoms with E-state index < -0.39 is 11.0 Å². The molecular weight excluding hydrogens is 334 g/mol. The number of nitrogens with one attached hydrogen (secondary N) is 2. The van der Waals surface area contributed by atoms with E-state index in [4.69, 9.17) is 16.3 Å². The first-order valence-corrected chi connectivity index (χ1v) is 7.44. The summed E-state index contributed by atoms with van der Waals surface area (Å²) in [6.07, 6.45) is 0. The maximum absolute atomic E-state index is 11.8. The van der Waals surface area contributed by atoms with E-state index in [1.165, 1.54) is 18.2 Å². The van der Waals surface area contributed by atoms with Crippen molar-refractivity contribution in [2.24, 2.45) is 0 Å². The van der Waals surface area contributed by atoms with E-state index in [0.717, 1.165) is 11.1 Å². The lowest BCUT2D eigenvalue weighted by Crippen LogP contribution is -2.32. The molecule has 2 aromatic rings. The van der Waals surface area contributed by atoms with Crippen molar-refractivity contribution in [2.75, 3.05) is 12.0 Å². The standard InChI is InChI=1S/C16H16ClN3O4/c1-10-7-12(8-11(2)15(10)17)24-9-18-16(21)19-13-5-3-4-6-14(13)20(22)23/h3-8H,9H2,1-2H3,(H2,18,19,21). The Hall–Kier alpha value is -2.80. The zero-order valence-corrected chi connectivity index (χ0v) is 13.9. The number of nitrogens with zero attached hydrogens (tertiary/aromatic N) is 1. The topological polar surface area (TPSA) is 93.5 Å². The molecule has 0 bridgehead atoms. The summed E-state index contributed by atoms with van der Waals surface area (Å²) < 4.78 is 5.44. The number of hydrogen-bond acceptors (Lipinski definition) is 4. The lowest BCUT2D eigenvalue weighted by molar-refractivity contribution is -0.383. The van der Waals surface area contributed by atoms with Gasteiger partial charge in [-0.1, -0.05) is 23.7 Å². The SMILES string of the molecule is Cc1cc(OCNC(=O)Nc2ccccc2[N+](=O)[O-])cc(C)c1Cl. The van der Waals surface area contributed by atoms with Crippen LogP contribution in [-0.2, 0) is 0 Å². The van der Waals surface area contributed by atoms with E-state index in [2.05, 4.69) is 10.6 Å². The zero-order chi connectivity index (χ0) is 17.7. The van der Waals surface area contributed by atoms with Crippen LogP contribution >= 0.6 is 11.6 Å². The van der Waals surface area contributed by atoms with Gasteiger partial charge in [0.1, 0.15) is 11.4 Å². The monoisotopic (exact) mass is 349 g/mol. The smallest absolute Gasteiger partial charge is 0.322 e. The predicted molar refractivity (Wildman–Crippen MR) is 91.7 cm³/mol. The number of carbonyl (C=O) groups excluding carboxylic acids is 1. The number of ether oxygens (including phenoxy) is 1. The van der Waals surface area contributed by atoms with Gasteiger partial charge in [0.15, 0.2) is 6.73 Å². The van der Waals surface area contributed by atoms with Gasteiger partial charge in [-0.3, -0.25) is 10.1 Å². The van der Waals surface area contributed by atoms with Gasteiger partial charge in [-0.15, -0.1) is 0 Å². The Labute approximate surface area is 143 Å². The van der Waals surface area contributed by atoms with Crippen molar-refractivity contribution in [3.05, 3.63) is 62.7 Å². The number of hydrogen-bond donors (Lipinski definition) is 2. The van der Waals surface area contributed by atoms with Crippen LogP contribution in [0.5, 0.6) is 5.75 Å². The van der Waals surface area contributed by atoms with Gasteiger partial charge in [0.25, 0.3) is 5.69 Å². The quantitative estimate of drug-likeness (QED) is 0.484. The lowest BCUT2D eigenvalue weighted by Gasteiger charge is -2.11. The van der Waals surface area contributed by atoms with Gasteiger partial charge in [-0.05, 0) is 43.2 Å². The highest BCUT2D eigenvalue weighted by Gasteiger charge is 2.14. The van der Waals surface area contributed by atoms with Crippen LogP contribution in [0.25, 0.3) is 0 Å². The molecule has 0 aliphatic heterocycles. The molecule has 0 saturated heterocycles. The number of carbonyl (C=O) groups is 1. The highest BCUT2D eigenvalue weighted by molar-refractivity contribution is 6.32. The average Bonchev–Trinajstić information content (AvgIpc) is 2.52. The summed E-state index contributed by atoms with van der Waals surface area (Å²) in [7, 11) is 0. The summed E-state index contributed by atoms with van der Waals surface area (Å²) >= 11 is 6.07. The molecule has 0 atom stereocenters. The number of urea groups is 1. The van der Waals surface area contributed by atoms with Crippen LogP contribution in [-0.4, -0.2) is 17.7 Å². The molecule has 2 rings (SSSR count). The second-order valence-electron chi connectivity index (χ2n) is 5.06. The number of para-hydroxylation sites is 2. The van der Waals surface area contributed by atoms with E-state index >= 15 is 0 Å². The molecule has 0 heterocycles. The molecule has 126 valence electrons. The van der Waals surface area contributed by atoms with Crippen molar-refractivity contribution in [3.63, 3.8) is 0 Å². The van der Waals surface area contributed by atoms with Gasteiger partial charge in [-0.2, -0.15) is 0 Å². The third-order valence-corrected chi connectivity index (χ3v) is 3.83. The normalized spacial score (nSPS) is 10.1. The van der Waals surface area contributed by atoms with Gasteiger partial charge in [0.2, 0.25) is 0 Å². The van der Waals surface area contributed by atoms with Crippen LogP contribution in [0.3, 0.4) is 0 Å². The Morgan fingerprint density at radius 3 is 2.50 bits per heavy atom. The van der Waals surface area contributed by atoms with Gasteiger partial charge < -0.3 is 15.4 Å². The molecular formula is C16H16ClN3O4. The number of halogens is 1. The molecule has 8 heteroatoms. The molecule has 0 aliphatic rings. The fourth-order valence-corrected chi connectivity index (χ4v) is 2.19. The molecule has 2 aromatic carbocycles. The van der Waals surface area contributed by atoms with Crippen LogP contribution in [0.15, 0.2) is 36.4 Å². The van der Waals surface area contributed by atoms with Crippen LogP contribution in [0.2, 0.25) is 5.02 Å². The molecule has 0 saturated carbocycles. The van der Waals surface area contributed by atoms with Crippen LogP contribution in [0.4, 0.5) is 16.2 Å². The second-order valence-corrected chi connectivity index (χ2v) is 5.44. The van der Waals surface area contributed by atoms with E-state index in [9.17, 15) is 14.9 Å². The summed E-state index contributed by atoms with van der Waals surface area (Å²) in [6.45, 7) is 3.63. The molecule has 0 unspecified atom stereocenters. The minimum Gasteiger partial charge on any atom is -0.473 e. The minimum atomic E-state index is -0.605. The molecule has 7 nitrogen and oxygen atoms in total. The molecule has 24 heavy (non-hydrogen) atoms. The fourth-order valence-electron chi connectivity index (χ4n) is 2.08. The van der Waals surface area contributed by atoms with Crippen molar-refractivity contribution in [2.45, 2.75) is 13.8 Å². The zero-order valence-electron chi connectivity index (χ0n) is 13.1. The summed E-state index contributed by atoms with van der Waals surface area (Å²) in [6, 6.07) is 8.80. The molecule has 2 N–H and O–H groups in total. The predicted octanol–water partition coefficient (Wildman–Crippen LogP) is 4.02. The molecule has 0 aliphatic carbocycles. The molecule has 0 aromatic heterocycles. The number of nitro groups is 1. The molecule has 2 amide bonds. The second kappa shape index (κ2) is 7.65. The van der Waals surface area contributed by atoms with E-state index in [-0.39, 0.29) is 18.1 Å². The maximum Gasteiger partial charge on any atom is 0.322 e. The summed E-state index contributed by atoms with van der Waals surface area (Å²) in [4.78, 5) is 22.1. The Balaban J connectivity index is 1.92. The molecule has 0 fully saturated rings. The highest BCUT2D eigenvalue weighted by Crippen LogP contribution is 2.26. The number of benzene rings is 2. The summed E-state index contributed by atoms with van der Waals surface area (Å²) in [5.41, 5.74) is 1.67. The van der Waals surface area contributed by atoms with Gasteiger partial charge >= 0.3 is 6.03 Å². The van der Waals surface area contributed by atoms with E-state index in [1.807, 2.05) is 13.8 Å². The number of amides is 2. The maximum atomic E-state index is 11.8. The number of nitro benzene ring substituents is 1. The Bertz CT molecular complexity index is 757. The van der Waals surface area contributed by atoms with E-state index in [0.29, 0.717) is 10.8 Å². The first kappa shape index (κ1) is 17.6. The van der Waals surface area contributed by atoms with Crippen LogP contribution < -0.4 is 15.4 Å². The number of rotatable bonds is 5. The number of anilines is 1. The Kier molecular flexibility index (Phi) is 5.59.